The normalized spacial score (nSPS) is 11.2. The van der Waals surface area contributed by atoms with Gasteiger partial charge in [-0.25, -0.2) is 4.79 Å². The van der Waals surface area contributed by atoms with E-state index in [1.54, 1.807) is 25.1 Å². The van der Waals surface area contributed by atoms with Gasteiger partial charge in [-0.15, -0.1) is 0 Å². The topological polar surface area (TPSA) is 43.4 Å². The third-order valence-corrected chi connectivity index (χ3v) is 6.11. The van der Waals surface area contributed by atoms with Gasteiger partial charge in [0.05, 0.1) is 12.2 Å². The Labute approximate surface area is 103 Å². The first-order chi connectivity index (χ1) is 8.07. The lowest BCUT2D eigenvalue weighted by atomic mass is 10.2. The molecule has 0 aliphatic heterocycles. The first kappa shape index (κ1) is 14.0. The molecule has 1 aromatic rings. The molecule has 17 heavy (non-hydrogen) atoms. The van der Waals surface area contributed by atoms with Gasteiger partial charge >= 0.3 is 5.97 Å². The number of hydrogen-bond acceptors (Lipinski definition) is 3. The molecule has 1 rings (SSSR count). The summed E-state index contributed by atoms with van der Waals surface area (Å²) in [6.07, 6.45) is 1.24. The second-order valence-electron chi connectivity index (χ2n) is 3.79. The third kappa shape index (κ3) is 3.19. The van der Waals surface area contributed by atoms with E-state index in [4.69, 9.17) is 4.74 Å². The van der Waals surface area contributed by atoms with Crippen LogP contribution in [0.2, 0.25) is 0 Å². The first-order valence-corrected chi connectivity index (χ1v) is 8.01. The van der Waals surface area contributed by atoms with E-state index in [-0.39, 0.29) is 5.97 Å². The lowest BCUT2D eigenvalue weighted by molar-refractivity contribution is 0.0526. The maximum Gasteiger partial charge on any atom is 0.338 e. The SMILES string of the molecule is CCOC(=O)c1cccc(P(=O)(CC)CC)c1. The summed E-state index contributed by atoms with van der Waals surface area (Å²) >= 11 is 0. The van der Waals surface area contributed by atoms with Gasteiger partial charge in [-0.3, -0.25) is 0 Å². The molecule has 0 radical (unpaired) electrons. The molecule has 1 aromatic carbocycles. The second kappa shape index (κ2) is 6.02. The quantitative estimate of drug-likeness (QED) is 0.599. The van der Waals surface area contributed by atoms with Crippen LogP contribution in [-0.4, -0.2) is 24.9 Å². The van der Waals surface area contributed by atoms with Gasteiger partial charge in [0.25, 0.3) is 0 Å². The van der Waals surface area contributed by atoms with E-state index >= 15 is 0 Å². The Balaban J connectivity index is 3.09. The molecule has 0 N–H and O–H groups in total. The smallest absolute Gasteiger partial charge is 0.338 e. The van der Waals surface area contributed by atoms with Gasteiger partial charge in [0, 0.05) is 17.6 Å². The van der Waals surface area contributed by atoms with Crippen molar-refractivity contribution in [2.24, 2.45) is 0 Å². The average Bonchev–Trinajstić information content (AvgIpc) is 2.38. The van der Waals surface area contributed by atoms with Crippen molar-refractivity contribution >= 4 is 18.4 Å². The standard InChI is InChI=1S/C13H19O3P/c1-4-16-13(14)11-8-7-9-12(10-11)17(15,5-2)6-3/h7-10H,4-6H2,1-3H3. The third-order valence-electron chi connectivity index (χ3n) is 2.85. The second-order valence-corrected chi connectivity index (χ2v) is 7.35. The summed E-state index contributed by atoms with van der Waals surface area (Å²) in [4.78, 5) is 11.6. The number of carbonyl (C=O) groups is 1. The van der Waals surface area contributed by atoms with Crippen molar-refractivity contribution in [2.75, 3.05) is 18.9 Å². The summed E-state index contributed by atoms with van der Waals surface area (Å²) in [6, 6.07) is 6.99. The summed E-state index contributed by atoms with van der Waals surface area (Å²) in [5.41, 5.74) is 0.478. The van der Waals surface area contributed by atoms with Crippen molar-refractivity contribution in [1.82, 2.24) is 0 Å². The minimum absolute atomic E-state index is 0.349. The lowest BCUT2D eigenvalue weighted by Gasteiger charge is -2.15. The highest BCUT2D eigenvalue weighted by atomic mass is 31.2. The molecule has 0 unspecified atom stereocenters. The Bertz CT molecular complexity index is 432. The molecule has 0 saturated heterocycles. The molecule has 0 aliphatic carbocycles. The average molecular weight is 254 g/mol. The van der Waals surface area contributed by atoms with E-state index in [2.05, 4.69) is 0 Å². The van der Waals surface area contributed by atoms with Gasteiger partial charge in [0.15, 0.2) is 0 Å². The Morgan fingerprint density at radius 1 is 1.24 bits per heavy atom. The minimum atomic E-state index is -2.33. The fourth-order valence-corrected chi connectivity index (χ4v) is 3.60. The number of ether oxygens (including phenoxy) is 1. The Morgan fingerprint density at radius 2 is 1.88 bits per heavy atom. The van der Waals surface area contributed by atoms with Gasteiger partial charge in [0.2, 0.25) is 0 Å². The fourth-order valence-electron chi connectivity index (χ4n) is 1.69. The molecule has 0 saturated carbocycles. The number of hydrogen-bond donors (Lipinski definition) is 0. The zero-order valence-corrected chi connectivity index (χ0v) is 11.5. The van der Waals surface area contributed by atoms with E-state index in [1.165, 1.54) is 0 Å². The van der Waals surface area contributed by atoms with Crippen molar-refractivity contribution in [3.63, 3.8) is 0 Å². The summed E-state index contributed by atoms with van der Waals surface area (Å²) in [7, 11) is -2.33. The van der Waals surface area contributed by atoms with Crippen LogP contribution < -0.4 is 5.30 Å². The first-order valence-electron chi connectivity index (χ1n) is 5.93. The van der Waals surface area contributed by atoms with Crippen molar-refractivity contribution in [2.45, 2.75) is 20.8 Å². The van der Waals surface area contributed by atoms with Crippen molar-refractivity contribution in [3.05, 3.63) is 29.8 Å². The van der Waals surface area contributed by atoms with Gasteiger partial charge in [-0.1, -0.05) is 26.0 Å². The highest BCUT2D eigenvalue weighted by Crippen LogP contribution is 2.43. The maximum absolute atomic E-state index is 12.5. The summed E-state index contributed by atoms with van der Waals surface area (Å²) < 4.78 is 17.5. The molecular weight excluding hydrogens is 235 g/mol. The van der Waals surface area contributed by atoms with Crippen LogP contribution in [0, 0.1) is 0 Å². The number of esters is 1. The Kier molecular flexibility index (Phi) is 4.95. The molecule has 0 fully saturated rings. The van der Waals surface area contributed by atoms with Gasteiger partial charge in [-0.05, 0) is 19.1 Å². The predicted octanol–water partition coefficient (Wildman–Crippen LogP) is 2.89. The largest absolute Gasteiger partial charge is 0.462 e. The predicted molar refractivity (Wildman–Crippen MR) is 70.7 cm³/mol. The highest BCUT2D eigenvalue weighted by Gasteiger charge is 2.21. The van der Waals surface area contributed by atoms with Crippen molar-refractivity contribution in [3.8, 4) is 0 Å². The van der Waals surface area contributed by atoms with Crippen LogP contribution in [0.25, 0.3) is 0 Å². The van der Waals surface area contributed by atoms with Crippen LogP contribution in [0.4, 0.5) is 0 Å². The zero-order chi connectivity index (χ0) is 12.9. The number of benzene rings is 1. The van der Waals surface area contributed by atoms with E-state index in [9.17, 15) is 9.36 Å². The molecule has 0 bridgehead atoms. The zero-order valence-electron chi connectivity index (χ0n) is 10.6. The summed E-state index contributed by atoms with van der Waals surface area (Å²) in [5.74, 6) is -0.354. The molecule has 0 heterocycles. The monoisotopic (exact) mass is 254 g/mol. The number of carbonyl (C=O) groups excluding carboxylic acids is 1. The summed E-state index contributed by atoms with van der Waals surface area (Å²) in [5, 5.41) is 0.771. The number of rotatable bonds is 5. The Hall–Kier alpha value is -1.08. The van der Waals surface area contributed by atoms with Crippen LogP contribution in [0.3, 0.4) is 0 Å². The van der Waals surface area contributed by atoms with Crippen LogP contribution in [0.5, 0.6) is 0 Å². The van der Waals surface area contributed by atoms with Crippen LogP contribution >= 0.6 is 7.14 Å². The molecule has 0 aliphatic rings. The highest BCUT2D eigenvalue weighted by molar-refractivity contribution is 7.71. The van der Waals surface area contributed by atoms with E-state index < -0.39 is 7.14 Å². The molecule has 3 nitrogen and oxygen atoms in total. The van der Waals surface area contributed by atoms with Crippen LogP contribution in [0.1, 0.15) is 31.1 Å². The summed E-state index contributed by atoms with van der Waals surface area (Å²) in [6.45, 7) is 5.95. The molecule has 0 spiro atoms. The van der Waals surface area contributed by atoms with Crippen molar-refractivity contribution < 1.29 is 14.1 Å². The van der Waals surface area contributed by atoms with Crippen molar-refractivity contribution in [1.29, 1.82) is 0 Å². The Morgan fingerprint density at radius 3 is 2.41 bits per heavy atom. The molecule has 94 valence electrons. The lowest BCUT2D eigenvalue weighted by Crippen LogP contribution is -2.12. The van der Waals surface area contributed by atoms with Gasteiger partial charge < -0.3 is 9.30 Å². The van der Waals surface area contributed by atoms with E-state index in [1.807, 2.05) is 19.9 Å². The minimum Gasteiger partial charge on any atom is -0.462 e. The maximum atomic E-state index is 12.5. The molecule has 0 aromatic heterocycles. The van der Waals surface area contributed by atoms with Gasteiger partial charge in [-0.2, -0.15) is 0 Å². The molecular formula is C13H19O3P. The van der Waals surface area contributed by atoms with Crippen LogP contribution in [0.15, 0.2) is 24.3 Å². The fraction of sp³-hybridized carbons (Fsp3) is 0.462. The van der Waals surface area contributed by atoms with E-state index in [0.717, 1.165) is 5.30 Å². The van der Waals surface area contributed by atoms with E-state index in [0.29, 0.717) is 24.5 Å². The molecule has 0 atom stereocenters. The van der Waals surface area contributed by atoms with Crippen LogP contribution in [-0.2, 0) is 9.30 Å². The van der Waals surface area contributed by atoms with Gasteiger partial charge in [0.1, 0.15) is 7.14 Å². The molecule has 4 heteroatoms. The molecule has 0 amide bonds.